The van der Waals surface area contributed by atoms with Crippen molar-refractivity contribution in [2.45, 2.75) is 78.2 Å². The number of fused-ring (bicyclic) bond motifs is 5. The van der Waals surface area contributed by atoms with Crippen LogP contribution in [0.3, 0.4) is 0 Å². The van der Waals surface area contributed by atoms with Gasteiger partial charge in [-0.2, -0.15) is 0 Å². The molecule has 142 valence electrons. The zero-order valence-electron chi connectivity index (χ0n) is 16.4. The van der Waals surface area contributed by atoms with Crippen LogP contribution >= 0.6 is 0 Å². The fourth-order valence-corrected chi connectivity index (χ4v) is 8.30. The summed E-state index contributed by atoms with van der Waals surface area (Å²) >= 11 is 0. The van der Waals surface area contributed by atoms with Crippen LogP contribution in [0.2, 0.25) is 0 Å². The standard InChI is InChI=1S/C22H36O3/c1-13-9-16-17-6-8-21(4,25)20(17,3)7-5-18(16)22(12-23)14(2)10-15(24)11-19(13)22/h13-14,16-19,23,25H,5-12H2,1-4H3/t13-,14-,16-,17-,18-,19+,20-,21-,22+/m0/s1. The quantitative estimate of drug-likeness (QED) is 0.757. The summed E-state index contributed by atoms with van der Waals surface area (Å²) < 4.78 is 0. The highest BCUT2D eigenvalue weighted by atomic mass is 16.3. The monoisotopic (exact) mass is 348 g/mol. The Morgan fingerprint density at radius 1 is 1.04 bits per heavy atom. The SMILES string of the molecule is C[C@H]1C[C@@H]2[C@H](CC[C@@]3(C)[C@H]2CC[C@]3(C)O)[C@]2(CO)[C@@H]1CC(=O)C[C@@H]2C. The van der Waals surface area contributed by atoms with E-state index in [0.717, 1.165) is 25.7 Å². The zero-order chi connectivity index (χ0) is 18.2. The largest absolute Gasteiger partial charge is 0.396 e. The Bertz CT molecular complexity index is 570. The summed E-state index contributed by atoms with van der Waals surface area (Å²) in [5.74, 6) is 3.21. The van der Waals surface area contributed by atoms with E-state index in [1.54, 1.807) is 0 Å². The van der Waals surface area contributed by atoms with Crippen molar-refractivity contribution in [3.63, 3.8) is 0 Å². The van der Waals surface area contributed by atoms with Gasteiger partial charge in [0.05, 0.1) is 5.60 Å². The molecular weight excluding hydrogens is 312 g/mol. The molecule has 0 spiro atoms. The minimum Gasteiger partial charge on any atom is -0.396 e. The molecule has 2 N–H and O–H groups in total. The highest BCUT2D eigenvalue weighted by molar-refractivity contribution is 5.80. The Hall–Kier alpha value is -0.410. The molecule has 0 amide bonds. The average Bonchev–Trinajstić information content (AvgIpc) is 2.78. The molecule has 4 fully saturated rings. The minimum atomic E-state index is -0.552. The molecule has 25 heavy (non-hydrogen) atoms. The van der Waals surface area contributed by atoms with Gasteiger partial charge in [-0.15, -0.1) is 0 Å². The third-order valence-electron chi connectivity index (χ3n) is 9.88. The van der Waals surface area contributed by atoms with E-state index in [1.165, 1.54) is 6.42 Å². The Morgan fingerprint density at radius 3 is 2.40 bits per heavy atom. The lowest BCUT2D eigenvalue weighted by atomic mass is 9.40. The fourth-order valence-electron chi connectivity index (χ4n) is 8.30. The number of hydrogen-bond acceptors (Lipinski definition) is 3. The van der Waals surface area contributed by atoms with Crippen LogP contribution in [0.5, 0.6) is 0 Å². The molecule has 4 rings (SSSR count). The highest BCUT2D eigenvalue weighted by Crippen LogP contribution is 2.69. The van der Waals surface area contributed by atoms with Crippen molar-refractivity contribution in [1.82, 2.24) is 0 Å². The van der Waals surface area contributed by atoms with Gasteiger partial charge in [0.1, 0.15) is 5.78 Å². The van der Waals surface area contributed by atoms with Crippen molar-refractivity contribution in [3.8, 4) is 0 Å². The minimum absolute atomic E-state index is 0.0189. The van der Waals surface area contributed by atoms with Gasteiger partial charge in [-0.25, -0.2) is 0 Å². The van der Waals surface area contributed by atoms with Gasteiger partial charge in [0.2, 0.25) is 0 Å². The molecule has 3 nitrogen and oxygen atoms in total. The predicted octanol–water partition coefficient (Wildman–Crippen LogP) is 3.81. The van der Waals surface area contributed by atoms with Crippen molar-refractivity contribution in [1.29, 1.82) is 0 Å². The van der Waals surface area contributed by atoms with Gasteiger partial charge < -0.3 is 10.2 Å². The summed E-state index contributed by atoms with van der Waals surface area (Å²) in [6.45, 7) is 9.13. The van der Waals surface area contributed by atoms with Crippen LogP contribution in [0.1, 0.15) is 72.6 Å². The summed E-state index contributed by atoms with van der Waals surface area (Å²) in [6.07, 6.45) is 6.70. The van der Waals surface area contributed by atoms with Gasteiger partial charge >= 0.3 is 0 Å². The van der Waals surface area contributed by atoms with E-state index in [4.69, 9.17) is 0 Å². The summed E-state index contributed by atoms with van der Waals surface area (Å²) in [4.78, 5) is 12.3. The smallest absolute Gasteiger partial charge is 0.133 e. The van der Waals surface area contributed by atoms with Crippen LogP contribution in [0.4, 0.5) is 0 Å². The molecule has 0 aromatic carbocycles. The van der Waals surface area contributed by atoms with Gasteiger partial charge in [-0.3, -0.25) is 4.79 Å². The predicted molar refractivity (Wildman–Crippen MR) is 97.9 cm³/mol. The van der Waals surface area contributed by atoms with Gasteiger partial charge in [0.25, 0.3) is 0 Å². The molecule has 9 atom stereocenters. The Balaban J connectivity index is 1.75. The molecule has 0 bridgehead atoms. The van der Waals surface area contributed by atoms with Crippen molar-refractivity contribution < 1.29 is 15.0 Å². The Morgan fingerprint density at radius 2 is 1.72 bits per heavy atom. The highest BCUT2D eigenvalue weighted by Gasteiger charge is 2.66. The molecule has 0 aromatic rings. The lowest BCUT2D eigenvalue weighted by Crippen LogP contribution is -2.62. The lowest BCUT2D eigenvalue weighted by Gasteiger charge is -2.64. The first-order chi connectivity index (χ1) is 11.7. The van der Waals surface area contributed by atoms with Crippen molar-refractivity contribution >= 4 is 5.78 Å². The van der Waals surface area contributed by atoms with Crippen molar-refractivity contribution in [3.05, 3.63) is 0 Å². The van der Waals surface area contributed by atoms with Crippen LogP contribution in [-0.2, 0) is 4.79 Å². The normalized spacial score (nSPS) is 58.4. The molecule has 3 heteroatoms. The molecule has 4 saturated carbocycles. The van der Waals surface area contributed by atoms with Crippen LogP contribution in [-0.4, -0.2) is 28.2 Å². The summed E-state index contributed by atoms with van der Waals surface area (Å²) in [5.41, 5.74) is -0.611. The second kappa shape index (κ2) is 5.55. The summed E-state index contributed by atoms with van der Waals surface area (Å²) in [7, 11) is 0. The second-order valence-electron chi connectivity index (χ2n) is 10.6. The molecular formula is C22H36O3. The van der Waals surface area contributed by atoms with Crippen molar-refractivity contribution in [2.24, 2.45) is 46.3 Å². The average molecular weight is 349 g/mol. The van der Waals surface area contributed by atoms with E-state index in [-0.39, 0.29) is 23.4 Å². The molecule has 4 aliphatic rings. The van der Waals surface area contributed by atoms with Gasteiger partial charge in [-0.05, 0) is 80.0 Å². The summed E-state index contributed by atoms with van der Waals surface area (Å²) in [6, 6.07) is 0. The van der Waals surface area contributed by atoms with Crippen molar-refractivity contribution in [2.75, 3.05) is 6.61 Å². The second-order valence-corrected chi connectivity index (χ2v) is 10.6. The molecule has 0 heterocycles. The third kappa shape index (κ3) is 2.15. The number of carbonyl (C=O) groups excluding carboxylic acids is 1. The number of ketones is 1. The van der Waals surface area contributed by atoms with E-state index in [0.29, 0.717) is 48.2 Å². The number of aliphatic hydroxyl groups excluding tert-OH is 1. The van der Waals surface area contributed by atoms with E-state index >= 15 is 0 Å². The number of Topliss-reactive ketones (excluding diaryl/α,β-unsaturated/α-hetero) is 1. The van der Waals surface area contributed by atoms with Crippen LogP contribution in [0.25, 0.3) is 0 Å². The van der Waals surface area contributed by atoms with Gasteiger partial charge in [-0.1, -0.05) is 20.8 Å². The van der Waals surface area contributed by atoms with E-state index in [1.807, 2.05) is 6.92 Å². The number of carbonyl (C=O) groups is 1. The molecule has 0 aromatic heterocycles. The first-order valence-electron chi connectivity index (χ1n) is 10.5. The maximum Gasteiger partial charge on any atom is 0.133 e. The van der Waals surface area contributed by atoms with Gasteiger partial charge in [0.15, 0.2) is 0 Å². The molecule has 0 unspecified atom stereocenters. The molecule has 4 aliphatic carbocycles. The molecule has 0 saturated heterocycles. The third-order valence-corrected chi connectivity index (χ3v) is 9.88. The first-order valence-corrected chi connectivity index (χ1v) is 10.5. The van der Waals surface area contributed by atoms with Gasteiger partial charge in [0, 0.05) is 24.9 Å². The maximum atomic E-state index is 12.3. The van der Waals surface area contributed by atoms with Crippen LogP contribution < -0.4 is 0 Å². The van der Waals surface area contributed by atoms with E-state index in [9.17, 15) is 15.0 Å². The number of rotatable bonds is 1. The maximum absolute atomic E-state index is 12.3. The Kier molecular flexibility index (Phi) is 3.99. The summed E-state index contributed by atoms with van der Waals surface area (Å²) in [5, 5.41) is 21.7. The fraction of sp³-hybridized carbons (Fsp3) is 0.955. The number of hydrogen-bond donors (Lipinski definition) is 2. The van der Waals surface area contributed by atoms with E-state index < -0.39 is 5.60 Å². The number of aliphatic hydroxyl groups is 2. The Labute approximate surface area is 152 Å². The first kappa shape index (κ1) is 18.0. The zero-order valence-corrected chi connectivity index (χ0v) is 16.4. The topological polar surface area (TPSA) is 57.5 Å². The lowest BCUT2D eigenvalue weighted by molar-refractivity contribution is -0.194. The van der Waals surface area contributed by atoms with Crippen LogP contribution in [0, 0.1) is 46.3 Å². The molecule has 0 radical (unpaired) electrons. The van der Waals surface area contributed by atoms with Crippen LogP contribution in [0.15, 0.2) is 0 Å². The molecule has 0 aliphatic heterocycles. The van der Waals surface area contributed by atoms with E-state index in [2.05, 4.69) is 20.8 Å².